The third kappa shape index (κ3) is 3.89. The van der Waals surface area contributed by atoms with Gasteiger partial charge in [0.2, 0.25) is 0 Å². The highest BCUT2D eigenvalue weighted by Gasteiger charge is 2.29. The normalized spacial score (nSPS) is 27.7. The molecular formula is C14H27NO. The SMILES string of the molecule is CCCC(C)CC(=O)C1CCCCC1CN. The first-order valence-electron chi connectivity index (χ1n) is 6.91. The zero-order valence-electron chi connectivity index (χ0n) is 10.9. The van der Waals surface area contributed by atoms with Crippen LogP contribution in [-0.2, 0) is 4.79 Å². The molecule has 1 aliphatic rings. The number of Topliss-reactive ketones (excluding diaryl/α,β-unsaturated/α-hetero) is 1. The van der Waals surface area contributed by atoms with Gasteiger partial charge < -0.3 is 5.73 Å². The van der Waals surface area contributed by atoms with Gasteiger partial charge >= 0.3 is 0 Å². The second-order valence-electron chi connectivity index (χ2n) is 5.45. The van der Waals surface area contributed by atoms with E-state index >= 15 is 0 Å². The predicted octanol–water partition coefficient (Wildman–Crippen LogP) is 3.15. The molecule has 0 bridgehead atoms. The van der Waals surface area contributed by atoms with Gasteiger partial charge in [-0.25, -0.2) is 0 Å². The second-order valence-corrected chi connectivity index (χ2v) is 5.45. The van der Waals surface area contributed by atoms with E-state index in [0.717, 1.165) is 19.3 Å². The lowest BCUT2D eigenvalue weighted by Crippen LogP contribution is -2.33. The molecule has 0 heterocycles. The Morgan fingerprint density at radius 2 is 2.06 bits per heavy atom. The Balaban J connectivity index is 2.44. The Kier molecular flexibility index (Phi) is 6.04. The van der Waals surface area contributed by atoms with Crippen LogP contribution >= 0.6 is 0 Å². The predicted molar refractivity (Wildman–Crippen MR) is 68.2 cm³/mol. The quantitative estimate of drug-likeness (QED) is 0.754. The Morgan fingerprint density at radius 1 is 1.38 bits per heavy atom. The molecule has 0 amide bonds. The van der Waals surface area contributed by atoms with Gasteiger partial charge in [-0.15, -0.1) is 0 Å². The molecule has 1 fully saturated rings. The number of carbonyl (C=O) groups is 1. The van der Waals surface area contributed by atoms with E-state index in [2.05, 4.69) is 13.8 Å². The van der Waals surface area contributed by atoms with Gasteiger partial charge in [-0.05, 0) is 31.2 Å². The largest absolute Gasteiger partial charge is 0.330 e. The topological polar surface area (TPSA) is 43.1 Å². The van der Waals surface area contributed by atoms with Crippen LogP contribution in [-0.4, -0.2) is 12.3 Å². The molecule has 0 aliphatic heterocycles. The van der Waals surface area contributed by atoms with Crippen LogP contribution in [0.5, 0.6) is 0 Å². The van der Waals surface area contributed by atoms with Gasteiger partial charge in [0.25, 0.3) is 0 Å². The molecule has 3 atom stereocenters. The van der Waals surface area contributed by atoms with E-state index in [1.165, 1.54) is 25.7 Å². The van der Waals surface area contributed by atoms with E-state index in [9.17, 15) is 4.79 Å². The molecule has 0 aromatic heterocycles. The summed E-state index contributed by atoms with van der Waals surface area (Å²) in [6, 6.07) is 0. The summed E-state index contributed by atoms with van der Waals surface area (Å²) in [5.41, 5.74) is 5.77. The highest BCUT2D eigenvalue weighted by atomic mass is 16.1. The fourth-order valence-electron chi connectivity index (χ4n) is 3.00. The van der Waals surface area contributed by atoms with Gasteiger partial charge in [0.15, 0.2) is 0 Å². The molecule has 2 heteroatoms. The Hall–Kier alpha value is -0.370. The van der Waals surface area contributed by atoms with Crippen molar-refractivity contribution in [1.82, 2.24) is 0 Å². The lowest BCUT2D eigenvalue weighted by molar-refractivity contribution is -0.126. The smallest absolute Gasteiger partial charge is 0.136 e. The average molecular weight is 225 g/mol. The monoisotopic (exact) mass is 225 g/mol. The second kappa shape index (κ2) is 7.05. The Morgan fingerprint density at radius 3 is 2.69 bits per heavy atom. The van der Waals surface area contributed by atoms with Crippen LogP contribution in [0.25, 0.3) is 0 Å². The van der Waals surface area contributed by atoms with Gasteiger partial charge in [-0.1, -0.05) is 39.5 Å². The number of hydrogen-bond acceptors (Lipinski definition) is 2. The van der Waals surface area contributed by atoms with E-state index in [1.54, 1.807) is 0 Å². The summed E-state index contributed by atoms with van der Waals surface area (Å²) in [6.45, 7) is 5.07. The molecular weight excluding hydrogens is 198 g/mol. The summed E-state index contributed by atoms with van der Waals surface area (Å²) in [7, 11) is 0. The molecule has 0 spiro atoms. The summed E-state index contributed by atoms with van der Waals surface area (Å²) in [5.74, 6) is 1.78. The maximum atomic E-state index is 12.2. The lowest BCUT2D eigenvalue weighted by atomic mass is 9.75. The maximum absolute atomic E-state index is 12.2. The molecule has 0 radical (unpaired) electrons. The molecule has 2 N–H and O–H groups in total. The van der Waals surface area contributed by atoms with E-state index < -0.39 is 0 Å². The molecule has 94 valence electrons. The minimum atomic E-state index is 0.276. The first-order valence-corrected chi connectivity index (χ1v) is 6.91. The van der Waals surface area contributed by atoms with Crippen LogP contribution in [0.3, 0.4) is 0 Å². The van der Waals surface area contributed by atoms with Crippen LogP contribution in [0.1, 0.15) is 58.8 Å². The molecule has 1 saturated carbocycles. The van der Waals surface area contributed by atoms with Crippen LogP contribution < -0.4 is 5.73 Å². The number of carbonyl (C=O) groups excluding carboxylic acids is 1. The zero-order valence-corrected chi connectivity index (χ0v) is 10.9. The highest BCUT2D eigenvalue weighted by molar-refractivity contribution is 5.81. The zero-order chi connectivity index (χ0) is 12.0. The molecule has 0 aromatic rings. The molecule has 0 aromatic carbocycles. The van der Waals surface area contributed by atoms with Crippen LogP contribution in [0.2, 0.25) is 0 Å². The first kappa shape index (κ1) is 13.7. The third-order valence-electron chi connectivity index (χ3n) is 3.96. The van der Waals surface area contributed by atoms with Crippen molar-refractivity contribution in [3.8, 4) is 0 Å². The molecule has 1 rings (SSSR count). The fraction of sp³-hybridized carbons (Fsp3) is 0.929. The van der Waals surface area contributed by atoms with Crippen molar-refractivity contribution in [2.75, 3.05) is 6.54 Å². The number of ketones is 1. The minimum Gasteiger partial charge on any atom is -0.330 e. The Bertz CT molecular complexity index is 215. The average Bonchev–Trinajstić information content (AvgIpc) is 2.29. The Labute approximate surface area is 100.0 Å². The van der Waals surface area contributed by atoms with Crippen molar-refractivity contribution in [2.45, 2.75) is 58.8 Å². The van der Waals surface area contributed by atoms with E-state index in [1.807, 2.05) is 0 Å². The molecule has 0 saturated heterocycles. The minimum absolute atomic E-state index is 0.276. The number of rotatable bonds is 6. The van der Waals surface area contributed by atoms with Gasteiger partial charge in [0.05, 0.1) is 0 Å². The summed E-state index contributed by atoms with van der Waals surface area (Å²) in [5, 5.41) is 0. The standard InChI is InChI=1S/C14H27NO/c1-3-6-11(2)9-14(16)13-8-5-4-7-12(13)10-15/h11-13H,3-10,15H2,1-2H3. The van der Waals surface area contributed by atoms with Crippen molar-refractivity contribution in [1.29, 1.82) is 0 Å². The van der Waals surface area contributed by atoms with Crippen LogP contribution in [0, 0.1) is 17.8 Å². The first-order chi connectivity index (χ1) is 7.69. The molecule has 1 aliphatic carbocycles. The summed E-state index contributed by atoms with van der Waals surface area (Å²) < 4.78 is 0. The van der Waals surface area contributed by atoms with E-state index in [-0.39, 0.29) is 5.92 Å². The van der Waals surface area contributed by atoms with Gasteiger partial charge in [0, 0.05) is 12.3 Å². The van der Waals surface area contributed by atoms with Crippen molar-refractivity contribution in [2.24, 2.45) is 23.5 Å². The summed E-state index contributed by atoms with van der Waals surface area (Å²) in [4.78, 5) is 12.2. The van der Waals surface area contributed by atoms with Gasteiger partial charge in [-0.3, -0.25) is 4.79 Å². The summed E-state index contributed by atoms with van der Waals surface area (Å²) in [6.07, 6.45) is 7.85. The van der Waals surface area contributed by atoms with Gasteiger partial charge in [0.1, 0.15) is 5.78 Å². The van der Waals surface area contributed by atoms with Crippen molar-refractivity contribution >= 4 is 5.78 Å². The van der Waals surface area contributed by atoms with Crippen LogP contribution in [0.4, 0.5) is 0 Å². The molecule has 16 heavy (non-hydrogen) atoms. The van der Waals surface area contributed by atoms with Gasteiger partial charge in [-0.2, -0.15) is 0 Å². The fourth-order valence-corrected chi connectivity index (χ4v) is 3.00. The van der Waals surface area contributed by atoms with E-state index in [4.69, 9.17) is 5.73 Å². The van der Waals surface area contributed by atoms with Crippen LogP contribution in [0.15, 0.2) is 0 Å². The number of nitrogens with two attached hydrogens (primary N) is 1. The molecule has 3 unspecified atom stereocenters. The summed E-state index contributed by atoms with van der Waals surface area (Å²) >= 11 is 0. The lowest BCUT2D eigenvalue weighted by Gasteiger charge is -2.30. The molecule has 2 nitrogen and oxygen atoms in total. The van der Waals surface area contributed by atoms with Crippen molar-refractivity contribution in [3.05, 3.63) is 0 Å². The highest BCUT2D eigenvalue weighted by Crippen LogP contribution is 2.31. The van der Waals surface area contributed by atoms with Crippen molar-refractivity contribution in [3.63, 3.8) is 0 Å². The maximum Gasteiger partial charge on any atom is 0.136 e. The third-order valence-corrected chi connectivity index (χ3v) is 3.96. The van der Waals surface area contributed by atoms with Crippen molar-refractivity contribution < 1.29 is 4.79 Å². The van der Waals surface area contributed by atoms with E-state index in [0.29, 0.717) is 24.2 Å². The number of hydrogen-bond donors (Lipinski definition) is 1.